The van der Waals surface area contributed by atoms with Gasteiger partial charge in [-0.3, -0.25) is 4.90 Å². The van der Waals surface area contributed by atoms with Crippen LogP contribution in [0.25, 0.3) is 11.0 Å². The minimum Gasteiger partial charge on any atom is -0.286 e. The Labute approximate surface area is 103 Å². The lowest BCUT2D eigenvalue weighted by atomic mass is 10.3. The monoisotopic (exact) mass is 239 g/mol. The van der Waals surface area contributed by atoms with Crippen LogP contribution in [0.2, 0.25) is 0 Å². The summed E-state index contributed by atoms with van der Waals surface area (Å²) >= 11 is 1.68. The highest BCUT2D eigenvalue weighted by Crippen LogP contribution is 2.36. The SMILES string of the molecule is C1=CC2=CSn3c(nc4ccccc43)N2C=C1. The minimum absolute atomic E-state index is 0.967. The van der Waals surface area contributed by atoms with E-state index < -0.39 is 0 Å². The van der Waals surface area contributed by atoms with Gasteiger partial charge >= 0.3 is 0 Å². The standard InChI is InChI=1S/C13H9N3S/c1-2-7-12-11(6-1)14-13-15-8-4-3-5-10(15)9-17-16(12)13/h1-9H. The van der Waals surface area contributed by atoms with Gasteiger partial charge in [-0.25, -0.2) is 8.96 Å². The fourth-order valence-corrected chi connectivity index (χ4v) is 2.98. The number of rotatable bonds is 0. The van der Waals surface area contributed by atoms with Crippen molar-refractivity contribution in [2.75, 3.05) is 4.90 Å². The number of fused-ring (bicyclic) bond motifs is 5. The summed E-state index contributed by atoms with van der Waals surface area (Å²) in [5, 5.41) is 2.14. The Bertz CT molecular complexity index is 694. The normalized spacial score (nSPS) is 16.9. The average molecular weight is 239 g/mol. The molecule has 0 atom stereocenters. The van der Waals surface area contributed by atoms with Crippen LogP contribution in [0.15, 0.2) is 59.8 Å². The number of hydrogen-bond acceptors (Lipinski definition) is 3. The molecule has 0 amide bonds. The van der Waals surface area contributed by atoms with Gasteiger partial charge in [-0.1, -0.05) is 18.2 Å². The zero-order valence-corrected chi connectivity index (χ0v) is 9.76. The predicted octanol–water partition coefficient (Wildman–Crippen LogP) is 3.28. The Morgan fingerprint density at radius 2 is 2.06 bits per heavy atom. The molecule has 2 aliphatic heterocycles. The van der Waals surface area contributed by atoms with Gasteiger partial charge in [-0.15, -0.1) is 0 Å². The number of aromatic nitrogens is 2. The summed E-state index contributed by atoms with van der Waals surface area (Å²) in [4.78, 5) is 6.79. The van der Waals surface area contributed by atoms with Crippen molar-refractivity contribution in [1.82, 2.24) is 8.96 Å². The summed E-state index contributed by atoms with van der Waals surface area (Å²) in [6.45, 7) is 0. The van der Waals surface area contributed by atoms with E-state index in [0.717, 1.165) is 17.0 Å². The highest BCUT2D eigenvalue weighted by atomic mass is 32.2. The lowest BCUT2D eigenvalue weighted by Crippen LogP contribution is -2.21. The lowest BCUT2D eigenvalue weighted by Gasteiger charge is -2.26. The first-order valence-corrected chi connectivity index (χ1v) is 6.26. The zero-order valence-electron chi connectivity index (χ0n) is 8.95. The Hall–Kier alpha value is -1.94. The van der Waals surface area contributed by atoms with E-state index in [1.54, 1.807) is 11.9 Å². The van der Waals surface area contributed by atoms with Crippen molar-refractivity contribution in [2.45, 2.75) is 0 Å². The Balaban J connectivity index is 2.00. The maximum atomic E-state index is 4.68. The summed E-state index contributed by atoms with van der Waals surface area (Å²) in [5.74, 6) is 0.967. The third-order valence-electron chi connectivity index (χ3n) is 2.89. The summed E-state index contributed by atoms with van der Waals surface area (Å²) in [5.41, 5.74) is 3.36. The van der Waals surface area contributed by atoms with Crippen LogP contribution >= 0.6 is 11.9 Å². The first-order valence-electron chi connectivity index (χ1n) is 5.42. The quantitative estimate of drug-likeness (QED) is 0.704. The molecule has 1 aromatic carbocycles. The van der Waals surface area contributed by atoms with Crippen LogP contribution in [0.1, 0.15) is 0 Å². The van der Waals surface area contributed by atoms with Gasteiger partial charge in [0.25, 0.3) is 0 Å². The van der Waals surface area contributed by atoms with E-state index in [2.05, 4.69) is 31.4 Å². The first kappa shape index (κ1) is 9.13. The molecule has 4 heteroatoms. The molecule has 1 aromatic heterocycles. The number of para-hydroxylation sites is 2. The Kier molecular flexibility index (Phi) is 1.76. The second kappa shape index (κ2) is 3.28. The van der Waals surface area contributed by atoms with Gasteiger partial charge in [-0.2, -0.15) is 0 Å². The molecule has 0 spiro atoms. The van der Waals surface area contributed by atoms with Gasteiger partial charge in [0.1, 0.15) is 0 Å². The molecular weight excluding hydrogens is 230 g/mol. The molecule has 0 bridgehead atoms. The molecule has 0 radical (unpaired) electrons. The summed E-state index contributed by atoms with van der Waals surface area (Å²) in [6, 6.07) is 8.21. The van der Waals surface area contributed by atoms with Crippen LogP contribution in [0.4, 0.5) is 5.95 Å². The molecule has 0 fully saturated rings. The number of benzene rings is 1. The van der Waals surface area contributed by atoms with Crippen LogP contribution in [0.3, 0.4) is 0 Å². The number of nitrogens with zero attached hydrogens (tertiary/aromatic N) is 3. The maximum absolute atomic E-state index is 4.68. The van der Waals surface area contributed by atoms with E-state index in [-0.39, 0.29) is 0 Å². The second-order valence-corrected chi connectivity index (χ2v) is 4.73. The van der Waals surface area contributed by atoms with E-state index in [0.29, 0.717) is 0 Å². The number of allylic oxidation sites excluding steroid dienone is 3. The molecule has 3 nitrogen and oxygen atoms in total. The first-order chi connectivity index (χ1) is 8.43. The molecule has 3 heterocycles. The van der Waals surface area contributed by atoms with Crippen molar-refractivity contribution in [3.05, 3.63) is 59.8 Å². The highest BCUT2D eigenvalue weighted by Gasteiger charge is 2.22. The van der Waals surface area contributed by atoms with Crippen molar-refractivity contribution >= 4 is 28.9 Å². The molecule has 82 valence electrons. The van der Waals surface area contributed by atoms with Crippen LogP contribution in [-0.2, 0) is 0 Å². The minimum atomic E-state index is 0.967. The second-order valence-electron chi connectivity index (χ2n) is 3.91. The van der Waals surface area contributed by atoms with E-state index in [9.17, 15) is 0 Å². The zero-order chi connectivity index (χ0) is 11.2. The van der Waals surface area contributed by atoms with Crippen LogP contribution < -0.4 is 4.90 Å². The highest BCUT2D eigenvalue weighted by molar-refractivity contribution is 8.01. The smallest absolute Gasteiger partial charge is 0.226 e. The number of hydrogen-bond donors (Lipinski definition) is 0. The van der Waals surface area contributed by atoms with Gasteiger partial charge in [-0.05, 0) is 36.2 Å². The van der Waals surface area contributed by atoms with Crippen molar-refractivity contribution in [3.63, 3.8) is 0 Å². The Morgan fingerprint density at radius 3 is 3.06 bits per heavy atom. The third kappa shape index (κ3) is 1.21. The molecular formula is C13H9N3S. The molecule has 0 aliphatic carbocycles. The van der Waals surface area contributed by atoms with Crippen molar-refractivity contribution in [1.29, 1.82) is 0 Å². The maximum Gasteiger partial charge on any atom is 0.226 e. The lowest BCUT2D eigenvalue weighted by molar-refractivity contribution is 1.06. The van der Waals surface area contributed by atoms with Crippen molar-refractivity contribution < 1.29 is 0 Å². The third-order valence-corrected chi connectivity index (χ3v) is 3.81. The van der Waals surface area contributed by atoms with Crippen molar-refractivity contribution in [3.8, 4) is 0 Å². The summed E-state index contributed by atoms with van der Waals surface area (Å²) in [6.07, 6.45) is 8.21. The van der Waals surface area contributed by atoms with Gasteiger partial charge in [0.15, 0.2) is 0 Å². The molecule has 4 rings (SSSR count). The fraction of sp³-hybridized carbons (Fsp3) is 0. The summed E-state index contributed by atoms with van der Waals surface area (Å²) in [7, 11) is 0. The van der Waals surface area contributed by atoms with Crippen LogP contribution in [0.5, 0.6) is 0 Å². The molecule has 0 unspecified atom stereocenters. The number of imidazole rings is 1. The topological polar surface area (TPSA) is 21.1 Å². The van der Waals surface area contributed by atoms with Crippen LogP contribution in [0, 0.1) is 0 Å². The Morgan fingerprint density at radius 1 is 1.12 bits per heavy atom. The molecule has 17 heavy (non-hydrogen) atoms. The fourth-order valence-electron chi connectivity index (χ4n) is 2.09. The molecule has 0 N–H and O–H groups in total. The van der Waals surface area contributed by atoms with E-state index in [4.69, 9.17) is 0 Å². The molecule has 0 saturated carbocycles. The molecule has 2 aromatic rings. The van der Waals surface area contributed by atoms with E-state index in [1.807, 2.05) is 36.6 Å². The van der Waals surface area contributed by atoms with Crippen LogP contribution in [-0.4, -0.2) is 8.96 Å². The average Bonchev–Trinajstić information content (AvgIpc) is 2.78. The summed E-state index contributed by atoms with van der Waals surface area (Å²) < 4.78 is 2.16. The van der Waals surface area contributed by atoms with Crippen molar-refractivity contribution in [2.24, 2.45) is 0 Å². The van der Waals surface area contributed by atoms with Gasteiger partial charge < -0.3 is 0 Å². The molecule has 2 aliphatic rings. The van der Waals surface area contributed by atoms with Gasteiger partial charge in [0, 0.05) is 11.6 Å². The predicted molar refractivity (Wildman–Crippen MR) is 71.6 cm³/mol. The number of anilines is 1. The molecule has 0 saturated heterocycles. The van der Waals surface area contributed by atoms with E-state index in [1.165, 1.54) is 5.70 Å². The van der Waals surface area contributed by atoms with Gasteiger partial charge in [0.2, 0.25) is 5.95 Å². The van der Waals surface area contributed by atoms with Gasteiger partial charge in [0.05, 0.1) is 16.7 Å². The largest absolute Gasteiger partial charge is 0.286 e. The van der Waals surface area contributed by atoms with E-state index >= 15 is 0 Å².